The summed E-state index contributed by atoms with van der Waals surface area (Å²) in [4.78, 5) is 26.6. The Morgan fingerprint density at radius 2 is 1.52 bits per heavy atom. The van der Waals surface area contributed by atoms with Gasteiger partial charge in [0.2, 0.25) is 17.6 Å². The molecule has 1 fully saturated rings. The van der Waals surface area contributed by atoms with Gasteiger partial charge in [-0.1, -0.05) is 0 Å². The molecule has 1 saturated heterocycles. The lowest BCUT2D eigenvalue weighted by atomic mass is 10.1. The SMILES string of the molecule is COc1cc(/C=C/C(=O)Nc2ccc(NC(=O)CN3CCOCC3)cc2)cc(OC)c1OC. The Hall–Kier alpha value is -3.56. The minimum atomic E-state index is -0.298. The second-order valence-electron chi connectivity index (χ2n) is 7.30. The molecule has 1 heterocycles. The molecule has 0 saturated carbocycles. The number of ether oxygens (including phenoxy) is 4. The van der Waals surface area contributed by atoms with Gasteiger partial charge in [-0.15, -0.1) is 0 Å². The number of nitrogens with one attached hydrogen (secondary N) is 2. The fourth-order valence-electron chi connectivity index (χ4n) is 3.35. The van der Waals surface area contributed by atoms with Gasteiger partial charge >= 0.3 is 0 Å². The van der Waals surface area contributed by atoms with Crippen molar-refractivity contribution in [3.8, 4) is 17.2 Å². The minimum Gasteiger partial charge on any atom is -0.493 e. The highest BCUT2D eigenvalue weighted by atomic mass is 16.5. The molecule has 3 rings (SSSR count). The van der Waals surface area contributed by atoms with Gasteiger partial charge in [0.15, 0.2) is 11.5 Å². The van der Waals surface area contributed by atoms with Crippen LogP contribution in [0.3, 0.4) is 0 Å². The lowest BCUT2D eigenvalue weighted by Gasteiger charge is -2.25. The molecule has 0 radical (unpaired) electrons. The van der Waals surface area contributed by atoms with Crippen LogP contribution in [-0.2, 0) is 14.3 Å². The molecular formula is C24H29N3O6. The van der Waals surface area contributed by atoms with Gasteiger partial charge in [0.1, 0.15) is 0 Å². The standard InChI is InChI=1S/C24H29N3O6/c1-30-20-14-17(15-21(31-2)24(20)32-3)4-9-22(28)25-18-5-7-19(8-6-18)26-23(29)16-27-10-12-33-13-11-27/h4-9,14-15H,10-13,16H2,1-3H3,(H,25,28)(H,26,29)/b9-4+. The number of nitrogens with zero attached hydrogens (tertiary/aromatic N) is 1. The third-order valence-electron chi connectivity index (χ3n) is 5.02. The quantitative estimate of drug-likeness (QED) is 0.561. The Labute approximate surface area is 193 Å². The van der Waals surface area contributed by atoms with Crippen LogP contribution in [-0.4, -0.2) is 70.9 Å². The molecule has 0 aromatic heterocycles. The first kappa shape index (κ1) is 24.1. The van der Waals surface area contributed by atoms with Gasteiger partial charge < -0.3 is 29.6 Å². The van der Waals surface area contributed by atoms with Crippen LogP contribution in [0.1, 0.15) is 5.56 Å². The molecule has 9 nitrogen and oxygen atoms in total. The van der Waals surface area contributed by atoms with Crippen molar-refractivity contribution in [1.29, 1.82) is 0 Å². The van der Waals surface area contributed by atoms with Crippen molar-refractivity contribution in [2.75, 3.05) is 64.8 Å². The van der Waals surface area contributed by atoms with Gasteiger partial charge in [-0.05, 0) is 48.0 Å². The Balaban J connectivity index is 1.55. The van der Waals surface area contributed by atoms with Gasteiger partial charge in [-0.25, -0.2) is 0 Å². The van der Waals surface area contributed by atoms with Gasteiger partial charge in [-0.2, -0.15) is 0 Å². The van der Waals surface area contributed by atoms with Crippen molar-refractivity contribution in [2.24, 2.45) is 0 Å². The summed E-state index contributed by atoms with van der Waals surface area (Å²) in [5, 5.41) is 5.66. The number of benzene rings is 2. The number of carbonyl (C=O) groups is 2. The molecule has 1 aliphatic heterocycles. The van der Waals surface area contributed by atoms with E-state index in [1.54, 1.807) is 42.5 Å². The molecule has 0 atom stereocenters. The van der Waals surface area contributed by atoms with Crippen molar-refractivity contribution in [1.82, 2.24) is 4.90 Å². The molecule has 2 amide bonds. The zero-order chi connectivity index (χ0) is 23.6. The largest absolute Gasteiger partial charge is 0.493 e. The summed E-state index contributed by atoms with van der Waals surface area (Å²) in [5.41, 5.74) is 2.00. The predicted octanol–water partition coefficient (Wildman–Crippen LogP) is 2.64. The van der Waals surface area contributed by atoms with Crippen molar-refractivity contribution in [3.05, 3.63) is 48.0 Å². The van der Waals surface area contributed by atoms with E-state index in [-0.39, 0.29) is 11.8 Å². The lowest BCUT2D eigenvalue weighted by molar-refractivity contribution is -0.118. The first-order chi connectivity index (χ1) is 16.0. The highest BCUT2D eigenvalue weighted by molar-refractivity contribution is 6.02. The van der Waals surface area contributed by atoms with Crippen LogP contribution in [0.4, 0.5) is 11.4 Å². The molecular weight excluding hydrogens is 426 g/mol. The number of amides is 2. The van der Waals surface area contributed by atoms with Gasteiger partial charge in [0.25, 0.3) is 0 Å². The van der Waals surface area contributed by atoms with Gasteiger partial charge in [-0.3, -0.25) is 14.5 Å². The normalized spacial score (nSPS) is 14.0. The molecule has 176 valence electrons. The molecule has 2 aromatic carbocycles. The fourth-order valence-corrected chi connectivity index (χ4v) is 3.35. The number of carbonyl (C=O) groups excluding carboxylic acids is 2. The van der Waals surface area contributed by atoms with Crippen molar-refractivity contribution < 1.29 is 28.5 Å². The van der Waals surface area contributed by atoms with Crippen LogP contribution in [0.25, 0.3) is 6.08 Å². The maximum absolute atomic E-state index is 12.3. The van der Waals surface area contributed by atoms with E-state index in [0.29, 0.717) is 48.4 Å². The number of rotatable bonds is 9. The van der Waals surface area contributed by atoms with Crippen LogP contribution < -0.4 is 24.8 Å². The number of morpholine rings is 1. The topological polar surface area (TPSA) is 98.4 Å². The molecule has 2 N–H and O–H groups in total. The zero-order valence-electron chi connectivity index (χ0n) is 19.1. The van der Waals surface area contributed by atoms with Crippen molar-refractivity contribution in [3.63, 3.8) is 0 Å². The molecule has 2 aromatic rings. The second-order valence-corrected chi connectivity index (χ2v) is 7.30. The number of hydrogen-bond acceptors (Lipinski definition) is 7. The third kappa shape index (κ3) is 6.96. The van der Waals surface area contributed by atoms with E-state index < -0.39 is 0 Å². The minimum absolute atomic E-state index is 0.0815. The third-order valence-corrected chi connectivity index (χ3v) is 5.02. The maximum Gasteiger partial charge on any atom is 0.248 e. The van der Waals surface area contributed by atoms with Gasteiger partial charge in [0.05, 0.1) is 41.1 Å². The fraction of sp³-hybridized carbons (Fsp3) is 0.333. The van der Waals surface area contributed by atoms with Crippen LogP contribution in [0.5, 0.6) is 17.2 Å². The summed E-state index contributed by atoms with van der Waals surface area (Å²) >= 11 is 0. The van der Waals surface area contributed by atoms with Crippen LogP contribution in [0, 0.1) is 0 Å². The highest BCUT2D eigenvalue weighted by Gasteiger charge is 2.14. The first-order valence-electron chi connectivity index (χ1n) is 10.5. The molecule has 0 unspecified atom stereocenters. The lowest BCUT2D eigenvalue weighted by Crippen LogP contribution is -2.41. The smallest absolute Gasteiger partial charge is 0.248 e. The molecule has 0 bridgehead atoms. The Morgan fingerprint density at radius 1 is 0.939 bits per heavy atom. The molecule has 0 spiro atoms. The molecule has 9 heteroatoms. The average molecular weight is 456 g/mol. The van der Waals surface area contributed by atoms with Crippen molar-refractivity contribution in [2.45, 2.75) is 0 Å². The first-order valence-corrected chi connectivity index (χ1v) is 10.5. The van der Waals surface area contributed by atoms with Crippen LogP contribution >= 0.6 is 0 Å². The Morgan fingerprint density at radius 3 is 2.06 bits per heavy atom. The van der Waals surface area contributed by atoms with E-state index in [0.717, 1.165) is 18.7 Å². The summed E-state index contributed by atoms with van der Waals surface area (Å²) in [6, 6.07) is 10.5. The van der Waals surface area contributed by atoms with Crippen LogP contribution in [0.15, 0.2) is 42.5 Å². The zero-order valence-corrected chi connectivity index (χ0v) is 19.1. The second kappa shape index (κ2) is 11.9. The maximum atomic E-state index is 12.3. The number of hydrogen-bond donors (Lipinski definition) is 2. The van der Waals surface area contributed by atoms with E-state index in [1.165, 1.54) is 27.4 Å². The number of anilines is 2. The van der Waals surface area contributed by atoms with Crippen LogP contribution in [0.2, 0.25) is 0 Å². The van der Waals surface area contributed by atoms with E-state index in [1.807, 2.05) is 4.90 Å². The number of methoxy groups -OCH3 is 3. The summed E-state index contributed by atoms with van der Waals surface area (Å²) in [5.74, 6) is 1.11. The predicted molar refractivity (Wildman–Crippen MR) is 126 cm³/mol. The average Bonchev–Trinajstić information content (AvgIpc) is 2.83. The summed E-state index contributed by atoms with van der Waals surface area (Å²) in [6.45, 7) is 3.13. The highest BCUT2D eigenvalue weighted by Crippen LogP contribution is 2.38. The summed E-state index contributed by atoms with van der Waals surface area (Å²) < 4.78 is 21.2. The summed E-state index contributed by atoms with van der Waals surface area (Å²) in [6.07, 6.45) is 3.07. The van der Waals surface area contributed by atoms with E-state index >= 15 is 0 Å². The molecule has 1 aliphatic rings. The van der Waals surface area contributed by atoms with E-state index in [4.69, 9.17) is 18.9 Å². The summed E-state index contributed by atoms with van der Waals surface area (Å²) in [7, 11) is 4.60. The van der Waals surface area contributed by atoms with E-state index in [2.05, 4.69) is 10.6 Å². The van der Waals surface area contributed by atoms with Gasteiger partial charge in [0, 0.05) is 30.5 Å². The Bertz CT molecular complexity index is 959. The molecule has 0 aliphatic carbocycles. The van der Waals surface area contributed by atoms with E-state index in [9.17, 15) is 9.59 Å². The Kier molecular flexibility index (Phi) is 8.68. The molecule has 33 heavy (non-hydrogen) atoms. The van der Waals surface area contributed by atoms with Crippen molar-refractivity contribution >= 4 is 29.3 Å². The monoisotopic (exact) mass is 455 g/mol.